The van der Waals surface area contributed by atoms with Gasteiger partial charge in [0.2, 0.25) is 0 Å². The predicted octanol–water partition coefficient (Wildman–Crippen LogP) is 0.826. The first-order valence-electron chi connectivity index (χ1n) is 6.29. The van der Waals surface area contributed by atoms with Crippen molar-refractivity contribution in [3.8, 4) is 0 Å². The molecule has 0 aliphatic carbocycles. The van der Waals surface area contributed by atoms with Crippen LogP contribution in [0.25, 0.3) is 0 Å². The highest BCUT2D eigenvalue weighted by molar-refractivity contribution is 5.86. The van der Waals surface area contributed by atoms with Crippen LogP contribution in [-0.4, -0.2) is 38.7 Å². The van der Waals surface area contributed by atoms with Crippen molar-refractivity contribution < 1.29 is 14.7 Å². The summed E-state index contributed by atoms with van der Waals surface area (Å²) in [6, 6.07) is -0.466. The molecule has 1 heterocycles. The van der Waals surface area contributed by atoms with Crippen LogP contribution in [0.5, 0.6) is 0 Å². The Kier molecular flexibility index (Phi) is 5.35. The fourth-order valence-electron chi connectivity index (χ4n) is 1.76. The molecule has 0 radical (unpaired) electrons. The van der Waals surface area contributed by atoms with Crippen LogP contribution >= 0.6 is 0 Å². The molecule has 0 saturated heterocycles. The van der Waals surface area contributed by atoms with E-state index in [2.05, 4.69) is 15.6 Å². The second-order valence-electron chi connectivity index (χ2n) is 4.28. The highest BCUT2D eigenvalue weighted by Crippen LogP contribution is 2.14. The Balaban J connectivity index is 2.43. The topological polar surface area (TPSA) is 96.3 Å². The summed E-state index contributed by atoms with van der Waals surface area (Å²) in [4.78, 5) is 26.8. The quantitative estimate of drug-likeness (QED) is 0.682. The minimum atomic E-state index is -1.20. The summed E-state index contributed by atoms with van der Waals surface area (Å²) < 4.78 is 1.82. The van der Waals surface area contributed by atoms with E-state index in [0.29, 0.717) is 25.9 Å². The molecular weight excluding hydrogens is 248 g/mol. The van der Waals surface area contributed by atoms with E-state index < -0.39 is 17.5 Å². The molecule has 0 aromatic carbocycles. The summed E-state index contributed by atoms with van der Waals surface area (Å²) in [7, 11) is 0. The molecule has 1 aromatic heterocycles. The molecule has 0 saturated carbocycles. The molecule has 0 fully saturated rings. The number of carbonyl (C=O) groups is 2. The highest BCUT2D eigenvalue weighted by Gasteiger charge is 2.36. The number of urea groups is 1. The number of aromatic nitrogens is 2. The van der Waals surface area contributed by atoms with Crippen LogP contribution in [0, 0.1) is 0 Å². The summed E-state index contributed by atoms with van der Waals surface area (Å²) in [6.07, 6.45) is 5.78. The normalized spacial score (nSPS) is 11.1. The Labute approximate surface area is 112 Å². The second kappa shape index (κ2) is 6.77. The molecule has 1 aromatic rings. The highest BCUT2D eigenvalue weighted by atomic mass is 16.4. The molecule has 1 rings (SSSR count). The first-order valence-corrected chi connectivity index (χ1v) is 6.29. The van der Waals surface area contributed by atoms with Gasteiger partial charge in [-0.3, -0.25) is 0 Å². The number of nitrogens with zero attached hydrogens (tertiary/aromatic N) is 2. The summed E-state index contributed by atoms with van der Waals surface area (Å²) in [5.41, 5.74) is -1.20. The molecule has 2 amide bonds. The second-order valence-corrected chi connectivity index (χ2v) is 4.28. The van der Waals surface area contributed by atoms with E-state index in [9.17, 15) is 14.7 Å². The molecule has 19 heavy (non-hydrogen) atoms. The van der Waals surface area contributed by atoms with E-state index in [-0.39, 0.29) is 0 Å². The van der Waals surface area contributed by atoms with Gasteiger partial charge in [-0.05, 0) is 12.8 Å². The number of carboxylic acids is 1. The fourth-order valence-corrected chi connectivity index (χ4v) is 1.76. The summed E-state index contributed by atoms with van der Waals surface area (Å²) in [5.74, 6) is -1.01. The average Bonchev–Trinajstić information content (AvgIpc) is 2.89. The molecule has 7 heteroatoms. The monoisotopic (exact) mass is 268 g/mol. The molecule has 0 unspecified atom stereocenters. The number of aliphatic carboxylic acids is 1. The van der Waals surface area contributed by atoms with Gasteiger partial charge in [-0.1, -0.05) is 13.8 Å². The zero-order valence-corrected chi connectivity index (χ0v) is 11.2. The third-order valence-electron chi connectivity index (χ3n) is 3.18. The van der Waals surface area contributed by atoms with E-state index in [4.69, 9.17) is 0 Å². The van der Waals surface area contributed by atoms with Gasteiger partial charge in [0.15, 0.2) is 0 Å². The molecule has 0 atom stereocenters. The van der Waals surface area contributed by atoms with Crippen LogP contribution in [0.4, 0.5) is 4.79 Å². The number of carboxylic acid groups (broad SMARTS) is 1. The number of rotatable bonds is 7. The minimum absolute atomic E-state index is 0.341. The third kappa shape index (κ3) is 3.97. The average molecular weight is 268 g/mol. The molecule has 0 spiro atoms. The van der Waals surface area contributed by atoms with Gasteiger partial charge < -0.3 is 20.3 Å². The Morgan fingerprint density at radius 1 is 1.37 bits per heavy atom. The van der Waals surface area contributed by atoms with Crippen molar-refractivity contribution in [1.82, 2.24) is 20.2 Å². The maximum Gasteiger partial charge on any atom is 0.329 e. The first kappa shape index (κ1) is 15.0. The van der Waals surface area contributed by atoms with Crippen molar-refractivity contribution in [3.05, 3.63) is 18.7 Å². The predicted molar refractivity (Wildman–Crippen MR) is 69.7 cm³/mol. The molecule has 0 aliphatic rings. The van der Waals surface area contributed by atoms with Gasteiger partial charge in [-0.15, -0.1) is 0 Å². The largest absolute Gasteiger partial charge is 0.480 e. The lowest BCUT2D eigenvalue weighted by atomic mass is 9.93. The van der Waals surface area contributed by atoms with Gasteiger partial charge in [0.05, 0.1) is 6.33 Å². The van der Waals surface area contributed by atoms with Crippen LogP contribution in [0.1, 0.15) is 26.7 Å². The fraction of sp³-hybridized carbons (Fsp3) is 0.583. The lowest BCUT2D eigenvalue weighted by molar-refractivity contribution is -0.144. The standard InChI is InChI=1S/C12H20N4O3/c1-3-12(4-2,10(17)18)15-11(19)14-6-8-16-7-5-13-9-16/h5,7,9H,3-4,6,8H2,1-2H3,(H,17,18)(H2,14,15,19). The molecule has 3 N–H and O–H groups in total. The Morgan fingerprint density at radius 3 is 2.53 bits per heavy atom. The number of hydrogen-bond donors (Lipinski definition) is 3. The van der Waals surface area contributed by atoms with E-state index in [0.717, 1.165) is 0 Å². The third-order valence-corrected chi connectivity index (χ3v) is 3.18. The maximum absolute atomic E-state index is 11.7. The zero-order valence-electron chi connectivity index (χ0n) is 11.2. The number of nitrogens with one attached hydrogen (secondary N) is 2. The summed E-state index contributed by atoms with van der Waals surface area (Å²) in [5, 5.41) is 14.4. The van der Waals surface area contributed by atoms with E-state index in [1.807, 2.05) is 4.57 Å². The SMILES string of the molecule is CCC(CC)(NC(=O)NCCn1ccnc1)C(=O)O. The van der Waals surface area contributed by atoms with Gasteiger partial charge in [0.25, 0.3) is 0 Å². The van der Waals surface area contributed by atoms with Gasteiger partial charge in [-0.25, -0.2) is 14.6 Å². The van der Waals surface area contributed by atoms with Crippen molar-refractivity contribution in [3.63, 3.8) is 0 Å². The molecule has 7 nitrogen and oxygen atoms in total. The van der Waals surface area contributed by atoms with E-state index in [1.165, 1.54) is 0 Å². The number of carbonyl (C=O) groups excluding carboxylic acids is 1. The Morgan fingerprint density at radius 2 is 2.05 bits per heavy atom. The van der Waals surface area contributed by atoms with Crippen LogP contribution in [0.2, 0.25) is 0 Å². The lowest BCUT2D eigenvalue weighted by Gasteiger charge is -2.28. The van der Waals surface area contributed by atoms with Crippen LogP contribution in [-0.2, 0) is 11.3 Å². The minimum Gasteiger partial charge on any atom is -0.480 e. The summed E-state index contributed by atoms with van der Waals surface area (Å²) in [6.45, 7) is 4.48. The summed E-state index contributed by atoms with van der Waals surface area (Å²) >= 11 is 0. The Hall–Kier alpha value is -2.05. The van der Waals surface area contributed by atoms with E-state index >= 15 is 0 Å². The smallest absolute Gasteiger partial charge is 0.329 e. The first-order chi connectivity index (χ1) is 9.04. The number of hydrogen-bond acceptors (Lipinski definition) is 3. The van der Waals surface area contributed by atoms with Gasteiger partial charge in [0, 0.05) is 25.5 Å². The molecule has 0 aliphatic heterocycles. The van der Waals surface area contributed by atoms with Crippen LogP contribution in [0.15, 0.2) is 18.7 Å². The van der Waals surface area contributed by atoms with Crippen LogP contribution < -0.4 is 10.6 Å². The van der Waals surface area contributed by atoms with Crippen LogP contribution in [0.3, 0.4) is 0 Å². The number of imidazole rings is 1. The molecule has 106 valence electrons. The van der Waals surface area contributed by atoms with E-state index in [1.54, 1.807) is 32.6 Å². The van der Waals surface area contributed by atoms with Crippen molar-refractivity contribution >= 4 is 12.0 Å². The van der Waals surface area contributed by atoms with Gasteiger partial charge >= 0.3 is 12.0 Å². The lowest BCUT2D eigenvalue weighted by Crippen LogP contribution is -2.56. The number of amides is 2. The van der Waals surface area contributed by atoms with Crippen molar-refractivity contribution in [2.24, 2.45) is 0 Å². The van der Waals surface area contributed by atoms with Gasteiger partial charge in [0.1, 0.15) is 5.54 Å². The van der Waals surface area contributed by atoms with Crippen molar-refractivity contribution in [2.45, 2.75) is 38.8 Å². The Bertz CT molecular complexity index is 413. The van der Waals surface area contributed by atoms with Crippen molar-refractivity contribution in [2.75, 3.05) is 6.54 Å². The van der Waals surface area contributed by atoms with Crippen molar-refractivity contribution in [1.29, 1.82) is 0 Å². The molecular formula is C12H20N4O3. The zero-order chi connectivity index (χ0) is 14.3. The molecule has 0 bridgehead atoms. The van der Waals surface area contributed by atoms with Gasteiger partial charge in [-0.2, -0.15) is 0 Å². The maximum atomic E-state index is 11.7.